The van der Waals surface area contributed by atoms with Gasteiger partial charge in [-0.25, -0.2) is 4.98 Å². The van der Waals surface area contributed by atoms with E-state index in [0.29, 0.717) is 25.1 Å². The van der Waals surface area contributed by atoms with Crippen molar-refractivity contribution in [3.8, 4) is 0 Å². The topological polar surface area (TPSA) is 66.3 Å². The first-order valence-corrected chi connectivity index (χ1v) is 8.80. The van der Waals surface area contributed by atoms with Gasteiger partial charge in [-0.15, -0.1) is 11.3 Å². The Morgan fingerprint density at radius 1 is 1.21 bits per heavy atom. The van der Waals surface area contributed by atoms with Gasteiger partial charge in [-0.05, 0) is 30.7 Å². The van der Waals surface area contributed by atoms with Crippen LogP contribution in [0.25, 0.3) is 10.2 Å². The second-order valence-corrected chi connectivity index (χ2v) is 6.92. The maximum absolute atomic E-state index is 12.9. The summed E-state index contributed by atoms with van der Waals surface area (Å²) < 4.78 is 0.908. The Morgan fingerprint density at radius 2 is 2.12 bits per heavy atom. The SMILES string of the molecule is O=C(c1cccc2ncsc12)N1C[C@@H](Cc2ccccn2)[C@H](O)C1. The van der Waals surface area contributed by atoms with E-state index in [1.54, 1.807) is 16.6 Å². The normalized spacial score (nSPS) is 20.6. The van der Waals surface area contributed by atoms with Crippen LogP contribution in [0.2, 0.25) is 0 Å². The fraction of sp³-hybridized carbons (Fsp3) is 0.278. The number of amides is 1. The molecule has 6 heteroatoms. The van der Waals surface area contributed by atoms with E-state index in [4.69, 9.17) is 0 Å². The van der Waals surface area contributed by atoms with Crippen molar-refractivity contribution in [2.45, 2.75) is 12.5 Å². The Bertz CT molecular complexity index is 865. The Balaban J connectivity index is 1.53. The number of aromatic nitrogens is 2. The third-order valence-electron chi connectivity index (χ3n) is 4.48. The number of aliphatic hydroxyl groups is 1. The average Bonchev–Trinajstić information content (AvgIpc) is 3.22. The molecule has 1 aliphatic rings. The van der Waals surface area contributed by atoms with E-state index in [0.717, 1.165) is 15.9 Å². The molecule has 1 aromatic carbocycles. The lowest BCUT2D eigenvalue weighted by Crippen LogP contribution is -2.29. The van der Waals surface area contributed by atoms with Gasteiger partial charge in [-0.1, -0.05) is 12.1 Å². The molecule has 0 unspecified atom stereocenters. The van der Waals surface area contributed by atoms with Gasteiger partial charge in [-0.2, -0.15) is 0 Å². The number of carbonyl (C=O) groups excluding carboxylic acids is 1. The van der Waals surface area contributed by atoms with Crippen LogP contribution in [0.1, 0.15) is 16.1 Å². The van der Waals surface area contributed by atoms with E-state index in [-0.39, 0.29) is 11.8 Å². The molecule has 1 saturated heterocycles. The van der Waals surface area contributed by atoms with Crippen molar-refractivity contribution in [2.75, 3.05) is 13.1 Å². The minimum atomic E-state index is -0.517. The Hall–Kier alpha value is -2.31. The fourth-order valence-electron chi connectivity index (χ4n) is 3.23. The van der Waals surface area contributed by atoms with Crippen LogP contribution in [0.4, 0.5) is 0 Å². The largest absolute Gasteiger partial charge is 0.391 e. The Morgan fingerprint density at radius 3 is 2.96 bits per heavy atom. The molecule has 1 fully saturated rings. The molecule has 4 rings (SSSR count). The van der Waals surface area contributed by atoms with Gasteiger partial charge in [0.1, 0.15) is 0 Å². The van der Waals surface area contributed by atoms with Gasteiger partial charge in [0.05, 0.1) is 27.4 Å². The van der Waals surface area contributed by atoms with Crippen LogP contribution in [0.3, 0.4) is 0 Å². The summed E-state index contributed by atoms with van der Waals surface area (Å²) in [6.45, 7) is 0.914. The van der Waals surface area contributed by atoms with Crippen molar-refractivity contribution >= 4 is 27.5 Å². The standard InChI is InChI=1S/C18H17N3O2S/c22-16-10-21(9-12(16)8-13-4-1-2-7-19-13)18(23)14-5-3-6-15-17(14)24-11-20-15/h1-7,11-12,16,22H,8-10H2/t12-,16-/m1/s1. The molecule has 2 aromatic heterocycles. The molecule has 3 heterocycles. The van der Waals surface area contributed by atoms with Gasteiger partial charge in [0.25, 0.3) is 5.91 Å². The first kappa shape index (κ1) is 15.2. The van der Waals surface area contributed by atoms with E-state index < -0.39 is 6.10 Å². The van der Waals surface area contributed by atoms with Crippen LogP contribution in [-0.2, 0) is 6.42 Å². The number of carbonyl (C=O) groups is 1. The summed E-state index contributed by atoms with van der Waals surface area (Å²) >= 11 is 1.47. The smallest absolute Gasteiger partial charge is 0.255 e. The van der Waals surface area contributed by atoms with E-state index in [2.05, 4.69) is 9.97 Å². The van der Waals surface area contributed by atoms with Crippen LogP contribution in [0.15, 0.2) is 48.1 Å². The van der Waals surface area contributed by atoms with E-state index in [9.17, 15) is 9.90 Å². The number of likely N-dealkylation sites (tertiary alicyclic amines) is 1. The molecule has 0 radical (unpaired) electrons. The van der Waals surface area contributed by atoms with Gasteiger partial charge in [0.2, 0.25) is 0 Å². The highest BCUT2D eigenvalue weighted by Crippen LogP contribution is 2.27. The molecule has 24 heavy (non-hydrogen) atoms. The maximum atomic E-state index is 12.9. The quantitative estimate of drug-likeness (QED) is 0.795. The zero-order chi connectivity index (χ0) is 16.5. The highest BCUT2D eigenvalue weighted by molar-refractivity contribution is 7.17. The summed E-state index contributed by atoms with van der Waals surface area (Å²) in [5.74, 6) is -0.0167. The zero-order valence-corrected chi connectivity index (χ0v) is 13.8. The number of nitrogens with zero attached hydrogens (tertiary/aromatic N) is 3. The van der Waals surface area contributed by atoms with Crippen molar-refractivity contribution in [1.82, 2.24) is 14.9 Å². The first-order chi connectivity index (χ1) is 11.7. The predicted molar refractivity (Wildman–Crippen MR) is 93.0 cm³/mol. The van der Waals surface area contributed by atoms with E-state index in [1.807, 2.05) is 36.4 Å². The number of thiazole rings is 1. The molecule has 0 saturated carbocycles. The predicted octanol–water partition coefficient (Wildman–Crippen LogP) is 2.37. The number of rotatable bonds is 3. The second-order valence-electron chi connectivity index (χ2n) is 6.07. The van der Waals surface area contributed by atoms with Crippen LogP contribution < -0.4 is 0 Å². The number of benzene rings is 1. The molecule has 0 aliphatic carbocycles. The summed E-state index contributed by atoms with van der Waals surface area (Å²) in [4.78, 5) is 23.2. The lowest BCUT2D eigenvalue weighted by molar-refractivity contribution is 0.0766. The zero-order valence-electron chi connectivity index (χ0n) is 13.0. The fourth-order valence-corrected chi connectivity index (χ4v) is 4.03. The third kappa shape index (κ3) is 2.79. The summed E-state index contributed by atoms with van der Waals surface area (Å²) in [6.07, 6.45) is 1.91. The molecule has 1 N–H and O–H groups in total. The van der Waals surface area contributed by atoms with E-state index in [1.165, 1.54) is 11.3 Å². The van der Waals surface area contributed by atoms with Gasteiger partial charge in [0, 0.05) is 30.9 Å². The molecule has 122 valence electrons. The van der Waals surface area contributed by atoms with Crippen LogP contribution in [0, 0.1) is 5.92 Å². The molecule has 0 bridgehead atoms. The van der Waals surface area contributed by atoms with Gasteiger partial charge in [0.15, 0.2) is 0 Å². The lowest BCUT2D eigenvalue weighted by Gasteiger charge is -2.16. The van der Waals surface area contributed by atoms with Crippen molar-refractivity contribution in [3.05, 3.63) is 59.4 Å². The molecule has 1 amide bonds. The van der Waals surface area contributed by atoms with E-state index >= 15 is 0 Å². The number of aliphatic hydroxyl groups excluding tert-OH is 1. The second kappa shape index (κ2) is 6.30. The maximum Gasteiger partial charge on any atom is 0.255 e. The monoisotopic (exact) mass is 339 g/mol. The molecule has 5 nitrogen and oxygen atoms in total. The van der Waals surface area contributed by atoms with Gasteiger partial charge < -0.3 is 10.0 Å². The van der Waals surface area contributed by atoms with Gasteiger partial charge >= 0.3 is 0 Å². The number of β-amino-alcohol motifs (C(OH)–C–C–N with tert-alkyl or cyclic N) is 1. The molecular weight excluding hydrogens is 322 g/mol. The summed E-state index contributed by atoms with van der Waals surface area (Å²) in [7, 11) is 0. The number of hydrogen-bond acceptors (Lipinski definition) is 5. The van der Waals surface area contributed by atoms with Crippen molar-refractivity contribution in [3.63, 3.8) is 0 Å². The molecule has 1 aliphatic heterocycles. The summed E-state index contributed by atoms with van der Waals surface area (Å²) in [5, 5.41) is 10.4. The summed E-state index contributed by atoms with van der Waals surface area (Å²) in [6, 6.07) is 11.4. The molecule has 3 aromatic rings. The van der Waals surface area contributed by atoms with Crippen molar-refractivity contribution < 1.29 is 9.90 Å². The van der Waals surface area contributed by atoms with Crippen LogP contribution in [-0.4, -0.2) is 45.1 Å². The highest BCUT2D eigenvalue weighted by atomic mass is 32.1. The molecule has 0 spiro atoms. The number of pyridine rings is 1. The minimum Gasteiger partial charge on any atom is -0.391 e. The molecular formula is C18H17N3O2S. The third-order valence-corrected chi connectivity index (χ3v) is 5.35. The first-order valence-electron chi connectivity index (χ1n) is 7.92. The number of hydrogen-bond donors (Lipinski definition) is 1. The number of fused-ring (bicyclic) bond motifs is 1. The highest BCUT2D eigenvalue weighted by Gasteiger charge is 2.35. The Labute approximate surface area is 143 Å². The van der Waals surface area contributed by atoms with Gasteiger partial charge in [-0.3, -0.25) is 9.78 Å². The Kier molecular flexibility index (Phi) is 4.00. The minimum absolute atomic E-state index is 0.0181. The summed E-state index contributed by atoms with van der Waals surface area (Å²) in [5.41, 5.74) is 4.21. The van der Waals surface area contributed by atoms with Crippen LogP contribution in [0.5, 0.6) is 0 Å². The van der Waals surface area contributed by atoms with Crippen molar-refractivity contribution in [2.24, 2.45) is 5.92 Å². The van der Waals surface area contributed by atoms with Crippen molar-refractivity contribution in [1.29, 1.82) is 0 Å². The lowest BCUT2D eigenvalue weighted by atomic mass is 10.00. The van der Waals surface area contributed by atoms with Crippen LogP contribution >= 0.6 is 11.3 Å². The average molecular weight is 339 g/mol. The molecule has 2 atom stereocenters.